The van der Waals surface area contributed by atoms with E-state index < -0.39 is 35.2 Å². The number of nitrogens with zero attached hydrogens (tertiary/aromatic N) is 3. The van der Waals surface area contributed by atoms with Gasteiger partial charge in [0.15, 0.2) is 0 Å². The number of carbonyl (C=O) groups is 4. The lowest BCUT2D eigenvalue weighted by atomic mass is 10.1. The molecule has 0 saturated heterocycles. The van der Waals surface area contributed by atoms with Gasteiger partial charge in [0.25, 0.3) is 5.91 Å². The highest BCUT2D eigenvalue weighted by Crippen LogP contribution is 2.32. The van der Waals surface area contributed by atoms with Crippen molar-refractivity contribution in [2.75, 3.05) is 25.0 Å². The van der Waals surface area contributed by atoms with Crippen LogP contribution in [0.25, 0.3) is 11.3 Å². The number of hydrogen-bond donors (Lipinski definition) is 3. The van der Waals surface area contributed by atoms with Crippen LogP contribution in [0.2, 0.25) is 10.0 Å². The number of aromatic nitrogens is 1. The Bertz CT molecular complexity index is 1870. The van der Waals surface area contributed by atoms with Crippen molar-refractivity contribution in [3.05, 3.63) is 88.6 Å². The fourth-order valence-electron chi connectivity index (χ4n) is 4.73. The van der Waals surface area contributed by atoms with Gasteiger partial charge < -0.3 is 24.1 Å². The van der Waals surface area contributed by atoms with Gasteiger partial charge in [0.05, 0.1) is 22.3 Å². The zero-order chi connectivity index (χ0) is 40.9. The number of guanidine groups is 1. The number of anilines is 1. The van der Waals surface area contributed by atoms with Crippen LogP contribution < -0.4 is 20.7 Å². The van der Waals surface area contributed by atoms with Crippen molar-refractivity contribution in [1.82, 2.24) is 20.7 Å². The molecule has 16 heteroatoms. The molecular formula is C39H48Cl2N6O8. The lowest BCUT2D eigenvalue weighted by molar-refractivity contribution is -0.117. The molecule has 3 N–H and O–H groups in total. The zero-order valence-corrected chi connectivity index (χ0v) is 33.7. The third kappa shape index (κ3) is 14.4. The van der Waals surface area contributed by atoms with Crippen LogP contribution in [0.5, 0.6) is 5.75 Å². The van der Waals surface area contributed by atoms with Crippen LogP contribution in [0.15, 0.2) is 71.2 Å². The van der Waals surface area contributed by atoms with E-state index in [1.54, 1.807) is 84.9 Å². The van der Waals surface area contributed by atoms with Gasteiger partial charge in [-0.05, 0) is 103 Å². The van der Waals surface area contributed by atoms with Crippen LogP contribution in [0.3, 0.4) is 0 Å². The number of rotatable bonds is 14. The smallest absolute Gasteiger partial charge is 0.414 e. The third-order valence-corrected chi connectivity index (χ3v) is 7.64. The molecule has 0 aliphatic heterocycles. The van der Waals surface area contributed by atoms with E-state index in [1.807, 2.05) is 0 Å². The minimum atomic E-state index is -0.872. The van der Waals surface area contributed by atoms with Crippen LogP contribution in [0.1, 0.15) is 76.1 Å². The summed E-state index contributed by atoms with van der Waals surface area (Å²) in [4.78, 5) is 58.1. The Labute approximate surface area is 331 Å². The SMILES string of the molecule is C=CCCCN(CC(=O)Nc1c(Cl)cc(CN=C(NC(=O)OC(C)(C)C)NC(=O)c2c(-c3ccc(OCC=C)cc3)noc2C)cc1Cl)C(=O)OC(C)(C)C. The van der Waals surface area contributed by atoms with E-state index in [4.69, 9.17) is 41.9 Å². The molecule has 1 heterocycles. The highest BCUT2D eigenvalue weighted by Gasteiger charge is 2.26. The number of alkyl carbamates (subject to hydrolysis) is 1. The van der Waals surface area contributed by atoms with Gasteiger partial charge in [-0.25, -0.2) is 14.6 Å². The van der Waals surface area contributed by atoms with Gasteiger partial charge in [0.2, 0.25) is 11.9 Å². The molecule has 14 nitrogen and oxygen atoms in total. The maximum atomic E-state index is 13.7. The first-order valence-corrected chi connectivity index (χ1v) is 18.1. The summed E-state index contributed by atoms with van der Waals surface area (Å²) in [6.07, 6.45) is 3.06. The van der Waals surface area contributed by atoms with Crippen LogP contribution in [0.4, 0.5) is 15.3 Å². The molecular weight excluding hydrogens is 751 g/mol. The number of benzene rings is 2. The van der Waals surface area contributed by atoms with Gasteiger partial charge in [0, 0.05) is 12.1 Å². The molecule has 0 bridgehead atoms. The van der Waals surface area contributed by atoms with E-state index >= 15 is 0 Å². The number of hydrogen-bond acceptors (Lipinski definition) is 10. The van der Waals surface area contributed by atoms with Crippen LogP contribution >= 0.6 is 23.2 Å². The number of carbonyl (C=O) groups excluding carboxylic acids is 4. The van der Waals surface area contributed by atoms with E-state index in [2.05, 4.69) is 39.3 Å². The molecule has 0 atom stereocenters. The van der Waals surface area contributed by atoms with E-state index in [1.165, 1.54) is 17.0 Å². The van der Waals surface area contributed by atoms with Gasteiger partial charge >= 0.3 is 12.2 Å². The maximum Gasteiger partial charge on any atom is 0.414 e. The second kappa shape index (κ2) is 19.8. The normalized spacial score (nSPS) is 11.6. The number of unbranched alkanes of at least 4 members (excludes halogenated alkanes) is 1. The molecule has 0 aliphatic carbocycles. The Morgan fingerprint density at radius 2 is 1.58 bits per heavy atom. The summed E-state index contributed by atoms with van der Waals surface area (Å²) >= 11 is 13.1. The number of halogens is 2. The predicted molar refractivity (Wildman–Crippen MR) is 213 cm³/mol. The summed E-state index contributed by atoms with van der Waals surface area (Å²) < 4.78 is 21.8. The Kier molecular flexibility index (Phi) is 15.9. The van der Waals surface area contributed by atoms with E-state index in [9.17, 15) is 19.2 Å². The predicted octanol–water partition coefficient (Wildman–Crippen LogP) is 8.47. The largest absolute Gasteiger partial charge is 0.490 e. The number of amides is 4. The van der Waals surface area contributed by atoms with Crippen molar-refractivity contribution in [2.24, 2.45) is 4.99 Å². The zero-order valence-electron chi connectivity index (χ0n) is 32.1. The summed E-state index contributed by atoms with van der Waals surface area (Å²) in [6.45, 7) is 19.3. The number of aryl methyl sites for hydroxylation is 1. The summed E-state index contributed by atoms with van der Waals surface area (Å²) in [6, 6.07) is 9.92. The van der Waals surface area contributed by atoms with Crippen molar-refractivity contribution in [2.45, 2.75) is 79.1 Å². The first-order valence-electron chi connectivity index (χ1n) is 17.3. The first-order chi connectivity index (χ1) is 25.8. The van der Waals surface area contributed by atoms with Crippen molar-refractivity contribution in [3.63, 3.8) is 0 Å². The first kappa shape index (κ1) is 44.1. The summed E-state index contributed by atoms with van der Waals surface area (Å²) in [5.74, 6) is -0.651. The molecule has 3 aromatic rings. The van der Waals surface area contributed by atoms with Crippen molar-refractivity contribution < 1.29 is 37.9 Å². The highest BCUT2D eigenvalue weighted by atomic mass is 35.5. The molecule has 0 unspecified atom stereocenters. The Morgan fingerprint density at radius 3 is 2.16 bits per heavy atom. The van der Waals surface area contributed by atoms with Gasteiger partial charge in [-0.15, -0.1) is 6.58 Å². The Balaban J connectivity index is 1.84. The summed E-state index contributed by atoms with van der Waals surface area (Å²) in [7, 11) is 0. The average molecular weight is 800 g/mol. The monoisotopic (exact) mass is 798 g/mol. The fourth-order valence-corrected chi connectivity index (χ4v) is 5.35. The minimum absolute atomic E-state index is 0.0814. The molecule has 0 radical (unpaired) electrons. The molecule has 0 aliphatic rings. The van der Waals surface area contributed by atoms with Crippen molar-refractivity contribution in [1.29, 1.82) is 0 Å². The molecule has 3 rings (SSSR count). The topological polar surface area (TPSA) is 174 Å². The highest BCUT2D eigenvalue weighted by molar-refractivity contribution is 6.40. The second-order valence-corrected chi connectivity index (χ2v) is 15.0. The van der Waals surface area contributed by atoms with Crippen LogP contribution in [0, 0.1) is 6.92 Å². The molecule has 1 aromatic heterocycles. The summed E-state index contributed by atoms with van der Waals surface area (Å²) in [5, 5.41) is 12.0. The summed E-state index contributed by atoms with van der Waals surface area (Å²) in [5.41, 5.74) is -0.0885. The van der Waals surface area contributed by atoms with Gasteiger partial charge in [-0.3, -0.25) is 25.1 Å². The molecule has 4 amide bonds. The van der Waals surface area contributed by atoms with E-state index in [-0.39, 0.29) is 58.3 Å². The second-order valence-electron chi connectivity index (χ2n) is 14.1. The van der Waals surface area contributed by atoms with Gasteiger partial charge in [0.1, 0.15) is 47.1 Å². The lowest BCUT2D eigenvalue weighted by Crippen LogP contribution is -2.46. The van der Waals surface area contributed by atoms with Gasteiger partial charge in [-0.2, -0.15) is 0 Å². The van der Waals surface area contributed by atoms with E-state index in [0.717, 1.165) is 0 Å². The van der Waals surface area contributed by atoms with Crippen molar-refractivity contribution in [3.8, 4) is 17.0 Å². The molecule has 0 saturated carbocycles. The molecule has 296 valence electrons. The van der Waals surface area contributed by atoms with E-state index in [0.29, 0.717) is 36.3 Å². The van der Waals surface area contributed by atoms with Crippen molar-refractivity contribution >= 4 is 58.8 Å². The fraction of sp³-hybridized carbons (Fsp3) is 0.385. The number of nitrogens with one attached hydrogen (secondary N) is 3. The molecule has 0 spiro atoms. The van der Waals surface area contributed by atoms with Crippen LogP contribution in [-0.2, 0) is 20.8 Å². The standard InChI is InChI=1S/C39H48Cl2N6O8/c1-10-12-13-18-47(37(51)54-39(7,8)9)23-30(48)43-33-28(40)20-25(21-29(33)41)22-42-35(45-36(50)53-38(4,5)6)44-34(49)31-24(3)55-46-32(31)26-14-16-27(17-15-26)52-19-11-2/h10-11,14-17,20-21H,1-2,12-13,18-19,22-23H2,3-9H3,(H,43,48)(H2,42,44,45,49,50). The average Bonchev–Trinajstić information content (AvgIpc) is 3.47. The maximum absolute atomic E-state index is 13.7. The van der Waals surface area contributed by atoms with Crippen LogP contribution in [-0.4, -0.2) is 70.9 Å². The third-order valence-electron chi connectivity index (χ3n) is 7.05. The minimum Gasteiger partial charge on any atom is -0.490 e. The molecule has 55 heavy (non-hydrogen) atoms. The Hall–Kier alpha value is -5.34. The van der Waals surface area contributed by atoms with Gasteiger partial charge in [-0.1, -0.05) is 47.1 Å². The molecule has 2 aromatic carbocycles. The Morgan fingerprint density at radius 1 is 0.945 bits per heavy atom. The number of ether oxygens (including phenoxy) is 3. The number of aliphatic imine (C=N–C) groups is 1. The lowest BCUT2D eigenvalue weighted by Gasteiger charge is -2.27. The quantitative estimate of drug-likeness (QED) is 0.0626. The number of allylic oxidation sites excluding steroid dienone is 1. The molecule has 0 fully saturated rings.